The van der Waals surface area contributed by atoms with Gasteiger partial charge in [0.05, 0.1) is 5.52 Å². The predicted molar refractivity (Wildman–Crippen MR) is 64.0 cm³/mol. The summed E-state index contributed by atoms with van der Waals surface area (Å²) in [7, 11) is 0. The molecule has 0 saturated heterocycles. The van der Waals surface area contributed by atoms with E-state index in [0.29, 0.717) is 5.82 Å². The quantitative estimate of drug-likeness (QED) is 0.575. The number of anilines is 1. The highest BCUT2D eigenvalue weighted by Gasteiger charge is 2.06. The summed E-state index contributed by atoms with van der Waals surface area (Å²) in [4.78, 5) is 4.39. The summed E-state index contributed by atoms with van der Waals surface area (Å²) in [5.41, 5.74) is 5.56. The van der Waals surface area contributed by atoms with Crippen LogP contribution in [-0.2, 0) is 0 Å². The first kappa shape index (κ1) is 10.2. The molecule has 0 aliphatic rings. The lowest BCUT2D eigenvalue weighted by Gasteiger charge is -2.08. The molecule has 0 saturated carbocycles. The molecule has 1 aromatic carbocycles. The molecule has 0 spiro atoms. The minimum Gasteiger partial charge on any atom is -0.308 e. The Kier molecular flexibility index (Phi) is 2.50. The van der Waals surface area contributed by atoms with Crippen LogP contribution in [0.5, 0.6) is 0 Å². The molecular formula is C11H12ClN3. The first-order valence-corrected chi connectivity index (χ1v) is 5.04. The molecule has 2 rings (SSSR count). The van der Waals surface area contributed by atoms with Crippen LogP contribution in [0.4, 0.5) is 5.82 Å². The number of aromatic nitrogens is 1. The average Bonchev–Trinajstić information content (AvgIpc) is 2.23. The lowest BCUT2D eigenvalue weighted by molar-refractivity contribution is 1.24. The van der Waals surface area contributed by atoms with Gasteiger partial charge in [-0.15, -0.1) is 0 Å². The number of aryl methyl sites for hydroxylation is 2. The van der Waals surface area contributed by atoms with Crippen molar-refractivity contribution >= 4 is 28.3 Å². The van der Waals surface area contributed by atoms with Crippen molar-refractivity contribution in [1.29, 1.82) is 0 Å². The number of rotatable bonds is 1. The van der Waals surface area contributed by atoms with Crippen molar-refractivity contribution in [3.63, 3.8) is 0 Å². The van der Waals surface area contributed by atoms with Crippen molar-refractivity contribution in [3.05, 3.63) is 34.3 Å². The lowest BCUT2D eigenvalue weighted by Crippen LogP contribution is -2.09. The molecule has 0 bridgehead atoms. The third-order valence-corrected chi connectivity index (χ3v) is 2.93. The van der Waals surface area contributed by atoms with E-state index in [1.165, 1.54) is 0 Å². The molecule has 15 heavy (non-hydrogen) atoms. The van der Waals surface area contributed by atoms with Gasteiger partial charge in [0.1, 0.15) is 5.82 Å². The molecule has 3 nitrogen and oxygen atoms in total. The molecule has 0 aliphatic carbocycles. The predicted octanol–water partition coefficient (Wildman–Crippen LogP) is 2.79. The number of hydrogen-bond donors (Lipinski definition) is 2. The Morgan fingerprint density at radius 1 is 1.33 bits per heavy atom. The second-order valence-corrected chi connectivity index (χ2v) is 3.94. The Labute approximate surface area is 93.2 Å². The highest BCUT2D eigenvalue weighted by Crippen LogP contribution is 2.27. The summed E-state index contributed by atoms with van der Waals surface area (Å²) in [6, 6.07) is 5.78. The molecule has 4 heteroatoms. The molecule has 0 radical (unpaired) electrons. The SMILES string of the molecule is Cc1cc(NN)nc2c(C)c(Cl)ccc12. The Morgan fingerprint density at radius 2 is 2.07 bits per heavy atom. The first-order chi connectivity index (χ1) is 7.13. The van der Waals surface area contributed by atoms with E-state index in [4.69, 9.17) is 17.4 Å². The third-order valence-electron chi connectivity index (χ3n) is 2.52. The van der Waals surface area contributed by atoms with Gasteiger partial charge in [-0.1, -0.05) is 17.7 Å². The summed E-state index contributed by atoms with van der Waals surface area (Å²) >= 11 is 6.04. The van der Waals surface area contributed by atoms with Crippen molar-refractivity contribution in [2.24, 2.45) is 5.84 Å². The fraction of sp³-hybridized carbons (Fsp3) is 0.182. The number of fused-ring (bicyclic) bond motifs is 1. The zero-order valence-electron chi connectivity index (χ0n) is 8.63. The van der Waals surface area contributed by atoms with Crippen molar-refractivity contribution in [1.82, 2.24) is 4.98 Å². The lowest BCUT2D eigenvalue weighted by atomic mass is 10.1. The van der Waals surface area contributed by atoms with Crippen molar-refractivity contribution < 1.29 is 0 Å². The molecule has 0 amide bonds. The maximum atomic E-state index is 6.04. The fourth-order valence-corrected chi connectivity index (χ4v) is 1.80. The van der Waals surface area contributed by atoms with Gasteiger partial charge in [-0.2, -0.15) is 0 Å². The first-order valence-electron chi connectivity index (χ1n) is 4.66. The van der Waals surface area contributed by atoms with E-state index in [1.807, 2.05) is 32.0 Å². The van der Waals surface area contributed by atoms with Crippen LogP contribution < -0.4 is 11.3 Å². The maximum absolute atomic E-state index is 6.04. The fourth-order valence-electron chi connectivity index (χ4n) is 1.65. The van der Waals surface area contributed by atoms with Crippen LogP contribution in [0.1, 0.15) is 11.1 Å². The molecular weight excluding hydrogens is 210 g/mol. The molecule has 0 atom stereocenters. The van der Waals surface area contributed by atoms with Gasteiger partial charge in [0.25, 0.3) is 0 Å². The largest absolute Gasteiger partial charge is 0.308 e. The number of halogens is 1. The number of nitrogen functional groups attached to an aromatic ring is 1. The number of nitrogens with one attached hydrogen (secondary N) is 1. The van der Waals surface area contributed by atoms with Crippen LogP contribution in [0.25, 0.3) is 10.9 Å². The Balaban J connectivity index is 2.86. The third kappa shape index (κ3) is 1.64. The van der Waals surface area contributed by atoms with E-state index in [0.717, 1.165) is 27.1 Å². The highest BCUT2D eigenvalue weighted by molar-refractivity contribution is 6.32. The highest BCUT2D eigenvalue weighted by atomic mass is 35.5. The Hall–Kier alpha value is -1.32. The van der Waals surface area contributed by atoms with Crippen LogP contribution in [0.2, 0.25) is 5.02 Å². The van der Waals surface area contributed by atoms with Crippen LogP contribution >= 0.6 is 11.6 Å². The second-order valence-electron chi connectivity index (χ2n) is 3.54. The normalized spacial score (nSPS) is 10.7. The van der Waals surface area contributed by atoms with E-state index in [-0.39, 0.29) is 0 Å². The maximum Gasteiger partial charge on any atom is 0.140 e. The number of hydrogen-bond acceptors (Lipinski definition) is 3. The standard InChI is InChI=1S/C11H12ClN3/c1-6-5-10(15-13)14-11-7(2)9(12)4-3-8(6)11/h3-5H,13H2,1-2H3,(H,14,15). The van der Waals surface area contributed by atoms with Gasteiger partial charge in [-0.05, 0) is 37.1 Å². The van der Waals surface area contributed by atoms with Crippen molar-refractivity contribution in [2.45, 2.75) is 13.8 Å². The van der Waals surface area contributed by atoms with Gasteiger partial charge in [0, 0.05) is 10.4 Å². The van der Waals surface area contributed by atoms with E-state index < -0.39 is 0 Å². The van der Waals surface area contributed by atoms with Crippen LogP contribution in [0.15, 0.2) is 18.2 Å². The van der Waals surface area contributed by atoms with Crippen LogP contribution in [0.3, 0.4) is 0 Å². The zero-order valence-corrected chi connectivity index (χ0v) is 9.39. The molecule has 3 N–H and O–H groups in total. The molecule has 1 aromatic heterocycles. The Bertz CT molecular complexity index is 523. The number of pyridine rings is 1. The molecule has 78 valence electrons. The van der Waals surface area contributed by atoms with E-state index >= 15 is 0 Å². The minimum absolute atomic E-state index is 0.658. The number of nitrogens with two attached hydrogens (primary N) is 1. The smallest absolute Gasteiger partial charge is 0.140 e. The van der Waals surface area contributed by atoms with E-state index in [1.54, 1.807) is 0 Å². The van der Waals surface area contributed by atoms with Gasteiger partial charge in [0.2, 0.25) is 0 Å². The molecule has 0 unspecified atom stereocenters. The number of nitrogens with zero attached hydrogens (tertiary/aromatic N) is 1. The Morgan fingerprint density at radius 3 is 2.73 bits per heavy atom. The molecule has 0 fully saturated rings. The topological polar surface area (TPSA) is 50.9 Å². The monoisotopic (exact) mass is 221 g/mol. The van der Waals surface area contributed by atoms with Gasteiger partial charge in [-0.25, -0.2) is 10.8 Å². The van der Waals surface area contributed by atoms with Gasteiger partial charge in [-0.3, -0.25) is 0 Å². The summed E-state index contributed by atoms with van der Waals surface area (Å²) in [5.74, 6) is 6.01. The van der Waals surface area contributed by atoms with E-state index in [2.05, 4.69) is 10.4 Å². The van der Waals surface area contributed by atoms with E-state index in [9.17, 15) is 0 Å². The summed E-state index contributed by atoms with van der Waals surface area (Å²) in [5, 5.41) is 1.83. The summed E-state index contributed by atoms with van der Waals surface area (Å²) in [6.45, 7) is 3.98. The minimum atomic E-state index is 0.658. The second kappa shape index (κ2) is 3.68. The number of benzene rings is 1. The van der Waals surface area contributed by atoms with Gasteiger partial charge < -0.3 is 5.43 Å². The van der Waals surface area contributed by atoms with Crippen molar-refractivity contribution in [2.75, 3.05) is 5.43 Å². The van der Waals surface area contributed by atoms with Crippen LogP contribution in [-0.4, -0.2) is 4.98 Å². The van der Waals surface area contributed by atoms with Crippen LogP contribution in [0, 0.1) is 13.8 Å². The summed E-state index contributed by atoms with van der Waals surface area (Å²) in [6.07, 6.45) is 0. The molecule has 2 aromatic rings. The number of hydrazine groups is 1. The van der Waals surface area contributed by atoms with Crippen molar-refractivity contribution in [3.8, 4) is 0 Å². The summed E-state index contributed by atoms with van der Waals surface area (Å²) < 4.78 is 0. The average molecular weight is 222 g/mol. The zero-order chi connectivity index (χ0) is 11.0. The van der Waals surface area contributed by atoms with Gasteiger partial charge >= 0.3 is 0 Å². The van der Waals surface area contributed by atoms with Gasteiger partial charge in [0.15, 0.2) is 0 Å². The molecule has 0 aliphatic heterocycles. The molecule has 1 heterocycles.